The first-order chi connectivity index (χ1) is 17.8. The second-order valence-corrected chi connectivity index (χ2v) is 10.1. The summed E-state index contributed by atoms with van der Waals surface area (Å²) in [4.78, 5) is 38.3. The third kappa shape index (κ3) is 4.01. The Bertz CT molecular complexity index is 1540. The van der Waals surface area contributed by atoms with E-state index in [0.29, 0.717) is 47.0 Å². The molecule has 1 N–H and O–H groups in total. The van der Waals surface area contributed by atoms with Crippen LogP contribution in [0.15, 0.2) is 59.1 Å². The number of hydrogen-bond acceptors (Lipinski definition) is 7. The van der Waals surface area contributed by atoms with Crippen molar-refractivity contribution < 1.29 is 19.6 Å². The molecular formula is C28H25N3O6. The molecule has 2 bridgehead atoms. The van der Waals surface area contributed by atoms with E-state index in [4.69, 9.17) is 4.74 Å². The summed E-state index contributed by atoms with van der Waals surface area (Å²) in [5.41, 5.74) is 3.26. The SMILES string of the molecule is Cc1cc(O)c(CN2C[C@@H]3C[C@H](C2)c2cccc(=O)n2C3)c2c1C(=O)/C(=C\c1ccc([N+](=O)[O-])cc1)O2. The molecule has 0 aliphatic carbocycles. The first-order valence-corrected chi connectivity index (χ1v) is 12.2. The van der Waals surface area contributed by atoms with E-state index >= 15 is 0 Å². The largest absolute Gasteiger partial charge is 0.507 e. The maximum atomic E-state index is 13.3. The van der Waals surface area contributed by atoms with Crippen LogP contribution >= 0.6 is 0 Å². The highest BCUT2D eigenvalue weighted by atomic mass is 16.6. The number of carbonyl (C=O) groups excluding carboxylic acids is 1. The van der Waals surface area contributed by atoms with Gasteiger partial charge in [-0.2, -0.15) is 0 Å². The van der Waals surface area contributed by atoms with Crippen LogP contribution in [0.3, 0.4) is 0 Å². The second-order valence-electron chi connectivity index (χ2n) is 10.1. The summed E-state index contributed by atoms with van der Waals surface area (Å²) >= 11 is 0. The molecule has 9 nitrogen and oxygen atoms in total. The van der Waals surface area contributed by atoms with Crippen molar-refractivity contribution in [2.75, 3.05) is 13.1 Å². The van der Waals surface area contributed by atoms with Crippen LogP contribution in [0.2, 0.25) is 0 Å². The number of nitrogens with zero attached hydrogens (tertiary/aromatic N) is 3. The van der Waals surface area contributed by atoms with Crippen molar-refractivity contribution in [3.8, 4) is 11.5 Å². The number of nitro benzene ring substituents is 1. The van der Waals surface area contributed by atoms with Crippen molar-refractivity contribution in [1.29, 1.82) is 0 Å². The molecule has 0 saturated carbocycles. The summed E-state index contributed by atoms with van der Waals surface area (Å²) in [5.74, 6) is 0.823. The molecule has 2 atom stereocenters. The Labute approximate surface area is 212 Å². The standard InChI is InChI=1S/C28H25N3O6/c1-16-9-23(32)21(15-29-12-18-10-19(14-29)22-3-2-4-25(33)30(22)13-18)28-26(16)27(34)24(37-28)11-17-5-7-20(8-6-17)31(35)36/h2-9,11,18-19,32H,10,12-15H2,1H3/b24-11+/t18-,19+/m0/s1. The normalized spacial score (nSPS) is 21.4. The highest BCUT2D eigenvalue weighted by Crippen LogP contribution is 2.43. The Morgan fingerprint density at radius 2 is 1.92 bits per heavy atom. The number of benzene rings is 2. The number of ether oxygens (including phenoxy) is 1. The molecule has 3 aliphatic rings. The van der Waals surface area contributed by atoms with Gasteiger partial charge in [0.25, 0.3) is 11.2 Å². The van der Waals surface area contributed by atoms with Crippen LogP contribution in [0.5, 0.6) is 11.5 Å². The number of allylic oxidation sites excluding steroid dienone is 1. The predicted molar refractivity (Wildman–Crippen MR) is 136 cm³/mol. The lowest BCUT2D eigenvalue weighted by molar-refractivity contribution is -0.384. The summed E-state index contributed by atoms with van der Waals surface area (Å²) in [7, 11) is 0. The molecule has 4 heterocycles. The summed E-state index contributed by atoms with van der Waals surface area (Å²) in [6.07, 6.45) is 2.58. The quantitative estimate of drug-likeness (QED) is 0.328. The number of phenolic OH excluding ortho intramolecular Hbond substituents is 1. The number of Topliss-reactive ketones (excluding diaryl/α,β-unsaturated/α-hetero) is 1. The number of rotatable bonds is 4. The lowest BCUT2D eigenvalue weighted by atomic mass is 9.83. The molecule has 2 aromatic carbocycles. The molecule has 37 heavy (non-hydrogen) atoms. The minimum Gasteiger partial charge on any atom is -0.507 e. The van der Waals surface area contributed by atoms with E-state index < -0.39 is 4.92 Å². The van der Waals surface area contributed by atoms with Gasteiger partial charge in [-0.25, -0.2) is 0 Å². The number of aryl methyl sites for hydroxylation is 1. The van der Waals surface area contributed by atoms with Crippen molar-refractivity contribution in [1.82, 2.24) is 9.47 Å². The maximum absolute atomic E-state index is 13.3. The van der Waals surface area contributed by atoms with Gasteiger partial charge in [-0.05, 0) is 60.7 Å². The molecular weight excluding hydrogens is 474 g/mol. The van der Waals surface area contributed by atoms with E-state index in [1.54, 1.807) is 37.3 Å². The van der Waals surface area contributed by atoms with Crippen LogP contribution in [-0.2, 0) is 13.1 Å². The van der Waals surface area contributed by atoms with Gasteiger partial charge in [0, 0.05) is 56.0 Å². The number of carbonyl (C=O) groups is 1. The van der Waals surface area contributed by atoms with Gasteiger partial charge >= 0.3 is 0 Å². The molecule has 6 rings (SSSR count). The monoisotopic (exact) mass is 499 g/mol. The number of ketones is 1. The van der Waals surface area contributed by atoms with Gasteiger partial charge in [-0.3, -0.25) is 24.6 Å². The molecule has 0 spiro atoms. The molecule has 0 unspecified atom stereocenters. The van der Waals surface area contributed by atoms with Crippen molar-refractivity contribution in [2.24, 2.45) is 5.92 Å². The van der Waals surface area contributed by atoms with Gasteiger partial charge in [0.1, 0.15) is 11.5 Å². The smallest absolute Gasteiger partial charge is 0.269 e. The van der Waals surface area contributed by atoms with Crippen LogP contribution in [0.1, 0.15) is 45.1 Å². The zero-order valence-electron chi connectivity index (χ0n) is 20.2. The lowest BCUT2D eigenvalue weighted by Gasteiger charge is -2.43. The molecule has 1 saturated heterocycles. The fraction of sp³-hybridized carbons (Fsp3) is 0.286. The Hall–Kier alpha value is -4.24. The summed E-state index contributed by atoms with van der Waals surface area (Å²) in [6.45, 7) is 4.37. The second kappa shape index (κ2) is 8.70. The fourth-order valence-corrected chi connectivity index (χ4v) is 5.92. The van der Waals surface area contributed by atoms with Crippen molar-refractivity contribution >= 4 is 17.5 Å². The first kappa shape index (κ1) is 23.2. The number of nitro groups is 1. The Morgan fingerprint density at radius 3 is 2.68 bits per heavy atom. The van der Waals surface area contributed by atoms with Gasteiger partial charge in [0.2, 0.25) is 5.78 Å². The Morgan fingerprint density at radius 1 is 1.14 bits per heavy atom. The average Bonchev–Trinajstić information content (AvgIpc) is 3.19. The Balaban J connectivity index is 1.29. The van der Waals surface area contributed by atoms with Gasteiger partial charge in [-0.1, -0.05) is 6.07 Å². The number of fused-ring (bicyclic) bond motifs is 5. The van der Waals surface area contributed by atoms with Crippen molar-refractivity contribution in [3.05, 3.63) is 103 Å². The topological polar surface area (TPSA) is 115 Å². The van der Waals surface area contributed by atoms with E-state index in [-0.39, 0.29) is 34.5 Å². The van der Waals surface area contributed by atoms with Crippen LogP contribution in [0, 0.1) is 23.0 Å². The molecule has 3 aromatic rings. The zero-order chi connectivity index (χ0) is 25.8. The third-order valence-electron chi connectivity index (χ3n) is 7.56. The fourth-order valence-electron chi connectivity index (χ4n) is 5.92. The lowest BCUT2D eigenvalue weighted by Crippen LogP contribution is -2.46. The third-order valence-corrected chi connectivity index (χ3v) is 7.56. The highest BCUT2D eigenvalue weighted by Gasteiger charge is 2.37. The van der Waals surface area contributed by atoms with E-state index in [2.05, 4.69) is 4.90 Å². The van der Waals surface area contributed by atoms with Crippen LogP contribution in [0.25, 0.3) is 6.08 Å². The molecule has 188 valence electrons. The van der Waals surface area contributed by atoms with Crippen molar-refractivity contribution in [3.63, 3.8) is 0 Å². The van der Waals surface area contributed by atoms with Gasteiger partial charge in [0.05, 0.1) is 16.1 Å². The number of hydrogen-bond donors (Lipinski definition) is 1. The minimum absolute atomic E-state index is 0.0360. The average molecular weight is 500 g/mol. The van der Waals surface area contributed by atoms with Gasteiger partial charge < -0.3 is 14.4 Å². The summed E-state index contributed by atoms with van der Waals surface area (Å²) < 4.78 is 7.93. The van der Waals surface area contributed by atoms with E-state index in [1.807, 2.05) is 16.7 Å². The minimum atomic E-state index is -0.478. The van der Waals surface area contributed by atoms with Crippen LogP contribution in [0.4, 0.5) is 5.69 Å². The van der Waals surface area contributed by atoms with E-state index in [9.17, 15) is 24.8 Å². The van der Waals surface area contributed by atoms with E-state index in [1.165, 1.54) is 12.1 Å². The van der Waals surface area contributed by atoms with Crippen LogP contribution < -0.4 is 10.3 Å². The molecule has 9 heteroatoms. The molecule has 1 fully saturated rings. The van der Waals surface area contributed by atoms with Crippen LogP contribution in [-0.4, -0.2) is 38.4 Å². The Kier molecular flexibility index (Phi) is 5.45. The van der Waals surface area contributed by atoms with Gasteiger partial charge in [-0.15, -0.1) is 0 Å². The first-order valence-electron chi connectivity index (χ1n) is 12.2. The summed E-state index contributed by atoms with van der Waals surface area (Å²) in [6, 6.07) is 12.9. The molecule has 0 amide bonds. The maximum Gasteiger partial charge on any atom is 0.269 e. The van der Waals surface area contributed by atoms with Gasteiger partial charge in [0.15, 0.2) is 5.76 Å². The number of aromatic hydroxyl groups is 1. The van der Waals surface area contributed by atoms with E-state index in [0.717, 1.165) is 25.2 Å². The zero-order valence-corrected chi connectivity index (χ0v) is 20.2. The number of likely N-dealkylation sites (tertiary alicyclic amines) is 1. The number of phenols is 1. The molecule has 0 radical (unpaired) electrons. The van der Waals surface area contributed by atoms with Crippen molar-refractivity contribution in [2.45, 2.75) is 32.4 Å². The summed E-state index contributed by atoms with van der Waals surface area (Å²) in [5, 5.41) is 21.8. The number of non-ortho nitro benzene ring substituents is 1. The number of piperidine rings is 1. The number of aromatic nitrogens is 1. The highest BCUT2D eigenvalue weighted by molar-refractivity contribution is 6.15. The molecule has 3 aliphatic heterocycles. The number of pyridine rings is 1. The predicted octanol–water partition coefficient (Wildman–Crippen LogP) is 4.01. The molecule has 1 aromatic heterocycles.